The van der Waals surface area contributed by atoms with Gasteiger partial charge in [0.25, 0.3) is 5.69 Å². The number of carbonyl (C=O) groups excluding carboxylic acids is 2. The molecule has 2 amide bonds. The van der Waals surface area contributed by atoms with Crippen LogP contribution >= 0.6 is 23.4 Å². The van der Waals surface area contributed by atoms with Gasteiger partial charge in [-0.3, -0.25) is 24.6 Å². The molecule has 0 saturated carbocycles. The van der Waals surface area contributed by atoms with Gasteiger partial charge in [0, 0.05) is 24.6 Å². The van der Waals surface area contributed by atoms with Crippen LogP contribution < -0.4 is 5.32 Å². The van der Waals surface area contributed by atoms with Crippen molar-refractivity contribution in [2.24, 2.45) is 4.99 Å². The minimum Gasteiger partial charge on any atom is -0.320 e. The number of nitro benzene ring substituents is 1. The Bertz CT molecular complexity index is 1030. The highest BCUT2D eigenvalue weighted by atomic mass is 35.5. The summed E-state index contributed by atoms with van der Waals surface area (Å²) in [5, 5.41) is 13.9. The Labute approximate surface area is 176 Å². The van der Waals surface area contributed by atoms with Gasteiger partial charge in [-0.15, -0.1) is 0 Å². The Balaban J connectivity index is 1.73. The second-order valence-electron chi connectivity index (χ2n) is 6.36. The zero-order valence-corrected chi connectivity index (χ0v) is 17.2. The van der Waals surface area contributed by atoms with Gasteiger partial charge in [0.2, 0.25) is 11.8 Å². The maximum Gasteiger partial charge on any atom is 0.292 e. The van der Waals surface area contributed by atoms with Crippen molar-refractivity contribution in [3.8, 4) is 0 Å². The van der Waals surface area contributed by atoms with Crippen LogP contribution in [0.1, 0.15) is 12.0 Å². The van der Waals surface area contributed by atoms with Gasteiger partial charge in [0.05, 0.1) is 10.6 Å². The summed E-state index contributed by atoms with van der Waals surface area (Å²) in [6, 6.07) is 11.1. The van der Waals surface area contributed by atoms with E-state index in [4.69, 9.17) is 11.6 Å². The first kappa shape index (κ1) is 20.8. The number of thioether (sulfide) groups is 1. The Morgan fingerprint density at radius 1 is 1.34 bits per heavy atom. The second kappa shape index (κ2) is 8.62. The highest BCUT2D eigenvalue weighted by Gasteiger charge is 2.37. The fourth-order valence-corrected chi connectivity index (χ4v) is 4.03. The van der Waals surface area contributed by atoms with E-state index in [1.165, 1.54) is 34.9 Å². The van der Waals surface area contributed by atoms with E-state index in [0.717, 1.165) is 5.56 Å². The smallest absolute Gasteiger partial charge is 0.292 e. The average molecular weight is 433 g/mol. The first-order chi connectivity index (χ1) is 13.8. The molecule has 0 aliphatic carbocycles. The second-order valence-corrected chi connectivity index (χ2v) is 7.96. The lowest BCUT2D eigenvalue weighted by molar-refractivity contribution is -0.383. The number of hydrogen-bond acceptors (Lipinski definition) is 6. The number of halogens is 1. The number of nitro groups is 1. The molecule has 10 heteroatoms. The summed E-state index contributed by atoms with van der Waals surface area (Å²) in [6.07, 6.45) is -0.132. The quantitative estimate of drug-likeness (QED) is 0.564. The van der Waals surface area contributed by atoms with Crippen LogP contribution in [0.25, 0.3) is 0 Å². The van der Waals surface area contributed by atoms with Crippen molar-refractivity contribution in [1.82, 2.24) is 4.90 Å². The minimum absolute atomic E-state index is 0.0924. The molecule has 150 valence electrons. The molecular weight excluding hydrogens is 416 g/mol. The van der Waals surface area contributed by atoms with Gasteiger partial charge in [-0.2, -0.15) is 0 Å². The normalized spacial score (nSPS) is 17.6. The number of aliphatic imine (C=N–C) groups is 1. The van der Waals surface area contributed by atoms with Crippen LogP contribution in [0, 0.1) is 17.0 Å². The number of hydrogen-bond donors (Lipinski definition) is 1. The van der Waals surface area contributed by atoms with Crippen LogP contribution in [0.15, 0.2) is 47.5 Å². The van der Waals surface area contributed by atoms with Gasteiger partial charge in [0.15, 0.2) is 5.17 Å². The lowest BCUT2D eigenvalue weighted by Gasteiger charge is -2.10. The molecule has 0 unspecified atom stereocenters. The van der Waals surface area contributed by atoms with E-state index in [0.29, 0.717) is 15.9 Å². The Kier molecular flexibility index (Phi) is 6.19. The molecule has 2 aromatic carbocycles. The van der Waals surface area contributed by atoms with E-state index in [-0.39, 0.29) is 23.7 Å². The number of aryl methyl sites for hydroxylation is 1. The maximum atomic E-state index is 12.5. The average Bonchev–Trinajstić information content (AvgIpc) is 2.92. The summed E-state index contributed by atoms with van der Waals surface area (Å²) in [7, 11) is 1.59. The van der Waals surface area contributed by atoms with Gasteiger partial charge in [-0.05, 0) is 30.7 Å². The SMILES string of the molecule is Cc1ccc(Cl)cc1N=C1S[C@@H](CC(=O)Nc2ccccc2[N+](=O)[O-])C(=O)N1C. The fourth-order valence-electron chi connectivity index (χ4n) is 2.71. The number of carbonyl (C=O) groups is 2. The number of para-hydroxylation sites is 2. The van der Waals surface area contributed by atoms with Gasteiger partial charge >= 0.3 is 0 Å². The number of amides is 2. The van der Waals surface area contributed by atoms with Crippen molar-refractivity contribution < 1.29 is 14.5 Å². The lowest BCUT2D eigenvalue weighted by Crippen LogP contribution is -2.30. The summed E-state index contributed by atoms with van der Waals surface area (Å²) in [6.45, 7) is 1.88. The van der Waals surface area contributed by atoms with E-state index in [1.807, 2.05) is 13.0 Å². The van der Waals surface area contributed by atoms with Crippen molar-refractivity contribution >= 4 is 57.4 Å². The van der Waals surface area contributed by atoms with Gasteiger partial charge in [-0.25, -0.2) is 4.99 Å². The lowest BCUT2D eigenvalue weighted by atomic mass is 10.2. The highest BCUT2D eigenvalue weighted by molar-refractivity contribution is 8.15. The molecule has 3 rings (SSSR count). The molecule has 0 bridgehead atoms. The monoisotopic (exact) mass is 432 g/mol. The number of nitrogens with zero attached hydrogens (tertiary/aromatic N) is 3. The van der Waals surface area contributed by atoms with Crippen LogP contribution in [0.4, 0.5) is 17.1 Å². The number of anilines is 1. The van der Waals surface area contributed by atoms with Crippen LogP contribution in [-0.4, -0.2) is 39.1 Å². The zero-order valence-electron chi connectivity index (χ0n) is 15.6. The molecule has 1 atom stereocenters. The molecule has 1 fully saturated rings. The molecule has 0 spiro atoms. The Hall–Kier alpha value is -2.91. The fraction of sp³-hybridized carbons (Fsp3) is 0.211. The van der Waals surface area contributed by atoms with E-state index < -0.39 is 16.1 Å². The highest BCUT2D eigenvalue weighted by Crippen LogP contribution is 2.33. The predicted octanol–water partition coefficient (Wildman–Crippen LogP) is 4.15. The number of nitrogens with one attached hydrogen (secondary N) is 1. The maximum absolute atomic E-state index is 12.5. The molecule has 1 heterocycles. The molecule has 8 nitrogen and oxygen atoms in total. The first-order valence-electron chi connectivity index (χ1n) is 8.58. The van der Waals surface area contributed by atoms with Crippen molar-refractivity contribution in [3.63, 3.8) is 0 Å². The molecule has 1 N–H and O–H groups in total. The summed E-state index contributed by atoms with van der Waals surface area (Å²) in [5.41, 5.74) is 1.43. The molecule has 0 aromatic heterocycles. The third kappa shape index (κ3) is 4.75. The third-order valence-corrected chi connectivity index (χ3v) is 5.74. The summed E-state index contributed by atoms with van der Waals surface area (Å²) in [5.74, 6) is -0.745. The molecule has 0 radical (unpaired) electrons. The Morgan fingerprint density at radius 3 is 2.79 bits per heavy atom. The van der Waals surface area contributed by atoms with E-state index in [2.05, 4.69) is 10.3 Å². The van der Waals surface area contributed by atoms with Crippen LogP contribution in [-0.2, 0) is 9.59 Å². The topological polar surface area (TPSA) is 105 Å². The molecule has 2 aromatic rings. The van der Waals surface area contributed by atoms with Gasteiger partial charge in [-0.1, -0.05) is 41.6 Å². The van der Waals surface area contributed by atoms with Gasteiger partial charge in [0.1, 0.15) is 10.9 Å². The van der Waals surface area contributed by atoms with E-state index in [9.17, 15) is 19.7 Å². The first-order valence-corrected chi connectivity index (χ1v) is 9.84. The minimum atomic E-state index is -0.666. The van der Waals surface area contributed by atoms with Crippen molar-refractivity contribution in [3.05, 3.63) is 63.2 Å². The zero-order chi connectivity index (χ0) is 21.1. The van der Waals surface area contributed by atoms with E-state index >= 15 is 0 Å². The van der Waals surface area contributed by atoms with Crippen molar-refractivity contribution in [2.45, 2.75) is 18.6 Å². The van der Waals surface area contributed by atoms with E-state index in [1.54, 1.807) is 25.2 Å². The predicted molar refractivity (Wildman–Crippen MR) is 114 cm³/mol. The summed E-state index contributed by atoms with van der Waals surface area (Å²) >= 11 is 7.19. The molecular formula is C19H17ClN4O4S. The van der Waals surface area contributed by atoms with Gasteiger partial charge < -0.3 is 5.32 Å². The van der Waals surface area contributed by atoms with Crippen LogP contribution in [0.3, 0.4) is 0 Å². The van der Waals surface area contributed by atoms with Crippen molar-refractivity contribution in [2.75, 3.05) is 12.4 Å². The summed E-state index contributed by atoms with van der Waals surface area (Å²) < 4.78 is 0. The standard InChI is InChI=1S/C19H17ClN4O4S/c1-11-7-8-12(20)9-14(11)22-19-23(2)18(26)16(29-19)10-17(25)21-13-5-3-4-6-15(13)24(27)28/h3-9,16H,10H2,1-2H3,(H,21,25)/t16-/m0/s1. The number of amidine groups is 1. The molecule has 29 heavy (non-hydrogen) atoms. The van der Waals surface area contributed by atoms with Crippen molar-refractivity contribution in [1.29, 1.82) is 0 Å². The summed E-state index contributed by atoms with van der Waals surface area (Å²) in [4.78, 5) is 41.3. The Morgan fingerprint density at radius 2 is 2.07 bits per heavy atom. The van der Waals surface area contributed by atoms with Crippen LogP contribution in [0.5, 0.6) is 0 Å². The number of rotatable bonds is 5. The molecule has 1 aliphatic rings. The largest absolute Gasteiger partial charge is 0.320 e. The molecule has 1 aliphatic heterocycles. The van der Waals surface area contributed by atoms with Crippen LogP contribution in [0.2, 0.25) is 5.02 Å². The molecule has 1 saturated heterocycles. The third-order valence-electron chi connectivity index (χ3n) is 4.27. The number of benzene rings is 2.